The van der Waals surface area contributed by atoms with E-state index in [9.17, 15) is 4.39 Å². The molecule has 56 valence electrons. The van der Waals surface area contributed by atoms with E-state index in [1.54, 1.807) is 0 Å². The van der Waals surface area contributed by atoms with E-state index in [2.05, 4.69) is 15.0 Å². The number of halogens is 1. The van der Waals surface area contributed by atoms with E-state index in [0.717, 1.165) is 0 Å². The number of nitriles is 1. The van der Waals surface area contributed by atoms with Gasteiger partial charge in [0.05, 0.1) is 0 Å². The molecule has 0 aliphatic heterocycles. The lowest BCUT2D eigenvalue weighted by Gasteiger charge is -1.94. The highest BCUT2D eigenvalue weighted by atomic mass is 19.1. The zero-order valence-electron chi connectivity index (χ0n) is 5.24. The van der Waals surface area contributed by atoms with Crippen LogP contribution in [0.5, 0.6) is 0 Å². The summed E-state index contributed by atoms with van der Waals surface area (Å²) in [5, 5.41) is 10.1. The van der Waals surface area contributed by atoms with Crippen LogP contribution in [0.15, 0.2) is 0 Å². The molecule has 0 bridgehead atoms. The molecule has 1 rings (SSSR count). The number of hydrogen-bond acceptors (Lipinski definition) is 6. The van der Waals surface area contributed by atoms with Crippen molar-refractivity contribution in [3.63, 3.8) is 0 Å². The Morgan fingerprint density at radius 2 is 2.18 bits per heavy atom. The number of nitrogens with two attached hydrogens (primary N) is 1. The first-order valence-electron chi connectivity index (χ1n) is 2.54. The minimum Gasteiger partial charge on any atom is -0.368 e. The first kappa shape index (κ1) is 7.14. The van der Waals surface area contributed by atoms with E-state index in [1.165, 1.54) is 6.19 Å². The van der Waals surface area contributed by atoms with Gasteiger partial charge in [0.25, 0.3) is 0 Å². The molecule has 1 aromatic heterocycles. The van der Waals surface area contributed by atoms with Gasteiger partial charge in [-0.25, -0.2) is 0 Å². The second-order valence-electron chi connectivity index (χ2n) is 1.52. The Kier molecular flexibility index (Phi) is 1.78. The lowest BCUT2D eigenvalue weighted by Crippen LogP contribution is -2.04. The van der Waals surface area contributed by atoms with Crippen LogP contribution in [0.1, 0.15) is 0 Å². The highest BCUT2D eigenvalue weighted by Gasteiger charge is 2.00. The molecule has 0 radical (unpaired) electrons. The standard InChI is InChI=1S/C4H3FN6/c5-2-9-3(7)11-4(10-2)8-1-6/h(H3,7,8,9,10,11). The summed E-state index contributed by atoms with van der Waals surface area (Å²) >= 11 is 0. The first-order valence-corrected chi connectivity index (χ1v) is 2.54. The Bertz CT molecular complexity index is 284. The van der Waals surface area contributed by atoms with Crippen LogP contribution in [-0.2, 0) is 0 Å². The molecule has 3 N–H and O–H groups in total. The third kappa shape index (κ3) is 1.72. The smallest absolute Gasteiger partial charge is 0.315 e. The molecule has 0 aliphatic carbocycles. The molecule has 11 heavy (non-hydrogen) atoms. The summed E-state index contributed by atoms with van der Waals surface area (Å²) in [6.45, 7) is 0. The summed E-state index contributed by atoms with van der Waals surface area (Å²) in [5.41, 5.74) is 5.04. The molecule has 0 saturated heterocycles. The molecule has 1 aromatic rings. The van der Waals surface area contributed by atoms with Crippen molar-refractivity contribution in [1.82, 2.24) is 15.0 Å². The summed E-state index contributed by atoms with van der Waals surface area (Å²) in [6, 6.07) is 0. The van der Waals surface area contributed by atoms with Crippen LogP contribution < -0.4 is 11.1 Å². The van der Waals surface area contributed by atoms with Crippen LogP contribution >= 0.6 is 0 Å². The Balaban J connectivity index is 3.01. The van der Waals surface area contributed by atoms with Crippen molar-refractivity contribution in [1.29, 1.82) is 5.26 Å². The van der Waals surface area contributed by atoms with E-state index in [0.29, 0.717) is 0 Å². The number of nitrogens with one attached hydrogen (secondary N) is 1. The van der Waals surface area contributed by atoms with E-state index in [-0.39, 0.29) is 11.9 Å². The average molecular weight is 154 g/mol. The van der Waals surface area contributed by atoms with Crippen molar-refractivity contribution in [2.75, 3.05) is 11.1 Å². The minimum atomic E-state index is -1.02. The van der Waals surface area contributed by atoms with Crippen LogP contribution in [-0.4, -0.2) is 15.0 Å². The number of nitrogen functional groups attached to an aromatic ring is 1. The number of hydrogen-bond donors (Lipinski definition) is 2. The summed E-state index contributed by atoms with van der Waals surface area (Å²) < 4.78 is 12.3. The highest BCUT2D eigenvalue weighted by Crippen LogP contribution is 1.99. The predicted octanol–water partition coefficient (Wildman–Crippen LogP) is -0.514. The van der Waals surface area contributed by atoms with Crippen LogP contribution in [0, 0.1) is 17.5 Å². The Morgan fingerprint density at radius 1 is 1.45 bits per heavy atom. The maximum atomic E-state index is 12.3. The van der Waals surface area contributed by atoms with Crippen molar-refractivity contribution in [3.05, 3.63) is 6.08 Å². The van der Waals surface area contributed by atoms with E-state index < -0.39 is 6.08 Å². The summed E-state index contributed by atoms with van der Waals surface area (Å²) in [7, 11) is 0. The molecule has 0 aromatic carbocycles. The third-order valence-corrected chi connectivity index (χ3v) is 0.793. The van der Waals surface area contributed by atoms with Gasteiger partial charge in [0.1, 0.15) is 0 Å². The second-order valence-corrected chi connectivity index (χ2v) is 1.52. The minimum absolute atomic E-state index is 0.197. The Morgan fingerprint density at radius 3 is 2.73 bits per heavy atom. The molecule has 0 amide bonds. The number of rotatable bonds is 1. The lowest BCUT2D eigenvalue weighted by atomic mass is 10.8. The van der Waals surface area contributed by atoms with E-state index in [1.807, 2.05) is 5.32 Å². The maximum Gasteiger partial charge on any atom is 0.315 e. The van der Waals surface area contributed by atoms with Crippen molar-refractivity contribution in [2.45, 2.75) is 0 Å². The molecular formula is C4H3FN6. The van der Waals surface area contributed by atoms with Gasteiger partial charge in [0.15, 0.2) is 6.19 Å². The predicted molar refractivity (Wildman–Crippen MR) is 33.4 cm³/mol. The molecule has 0 aliphatic rings. The van der Waals surface area contributed by atoms with E-state index >= 15 is 0 Å². The molecule has 6 nitrogen and oxygen atoms in total. The average Bonchev–Trinajstić information content (AvgIpc) is 1.85. The first-order chi connectivity index (χ1) is 5.22. The van der Waals surface area contributed by atoms with Gasteiger partial charge < -0.3 is 5.73 Å². The zero-order chi connectivity index (χ0) is 8.27. The second kappa shape index (κ2) is 2.74. The molecule has 1 heterocycles. The van der Waals surface area contributed by atoms with E-state index in [4.69, 9.17) is 11.0 Å². The molecular weight excluding hydrogens is 151 g/mol. The van der Waals surface area contributed by atoms with Crippen molar-refractivity contribution < 1.29 is 4.39 Å². The molecule has 7 heteroatoms. The fourth-order valence-corrected chi connectivity index (χ4v) is 0.471. The van der Waals surface area contributed by atoms with Crippen molar-refractivity contribution >= 4 is 11.9 Å². The highest BCUT2D eigenvalue weighted by molar-refractivity contribution is 5.32. The Hall–Kier alpha value is -1.97. The molecule has 0 saturated carbocycles. The van der Waals surface area contributed by atoms with Gasteiger partial charge in [-0.2, -0.15) is 24.6 Å². The van der Waals surface area contributed by atoms with Gasteiger partial charge >= 0.3 is 6.08 Å². The summed E-state index contributed by atoms with van der Waals surface area (Å²) in [4.78, 5) is 9.58. The normalized spacial score (nSPS) is 8.73. The van der Waals surface area contributed by atoms with Crippen molar-refractivity contribution in [3.8, 4) is 6.19 Å². The number of anilines is 2. The molecule has 0 atom stereocenters. The monoisotopic (exact) mass is 154 g/mol. The van der Waals surface area contributed by atoms with Crippen LogP contribution in [0.3, 0.4) is 0 Å². The fourth-order valence-electron chi connectivity index (χ4n) is 0.471. The van der Waals surface area contributed by atoms with Gasteiger partial charge in [0, 0.05) is 0 Å². The summed E-state index contributed by atoms with van der Waals surface area (Å²) in [6.07, 6.45) is 0.495. The van der Waals surface area contributed by atoms with Gasteiger partial charge in [-0.05, 0) is 0 Å². The number of nitrogens with zero attached hydrogens (tertiary/aromatic N) is 4. The lowest BCUT2D eigenvalue weighted by molar-refractivity contribution is 0.537. The third-order valence-electron chi connectivity index (χ3n) is 0.793. The zero-order valence-corrected chi connectivity index (χ0v) is 5.24. The quantitative estimate of drug-likeness (QED) is 0.417. The fraction of sp³-hybridized carbons (Fsp3) is 0. The molecule has 0 spiro atoms. The van der Waals surface area contributed by atoms with Crippen LogP contribution in [0.4, 0.5) is 16.3 Å². The largest absolute Gasteiger partial charge is 0.368 e. The van der Waals surface area contributed by atoms with Crippen LogP contribution in [0.25, 0.3) is 0 Å². The summed E-state index contributed by atoms with van der Waals surface area (Å²) in [5.74, 6) is -0.465. The van der Waals surface area contributed by atoms with Gasteiger partial charge in [-0.15, -0.1) is 0 Å². The number of aromatic nitrogens is 3. The van der Waals surface area contributed by atoms with Gasteiger partial charge in [-0.1, -0.05) is 0 Å². The van der Waals surface area contributed by atoms with Crippen molar-refractivity contribution in [2.24, 2.45) is 0 Å². The van der Waals surface area contributed by atoms with Crippen LogP contribution in [0.2, 0.25) is 0 Å². The SMILES string of the molecule is N#CNc1nc(N)nc(F)n1. The molecule has 0 unspecified atom stereocenters. The Labute approximate surface area is 60.9 Å². The maximum absolute atomic E-state index is 12.3. The van der Waals surface area contributed by atoms with Gasteiger partial charge in [0.2, 0.25) is 11.9 Å². The van der Waals surface area contributed by atoms with Gasteiger partial charge in [-0.3, -0.25) is 5.32 Å². The topological polar surface area (TPSA) is 101 Å². The molecule has 0 fully saturated rings.